The van der Waals surface area contributed by atoms with Gasteiger partial charge in [0, 0.05) is 6.54 Å². The van der Waals surface area contributed by atoms with E-state index in [9.17, 15) is 14.4 Å². The van der Waals surface area contributed by atoms with E-state index in [1.807, 2.05) is 81.4 Å². The van der Waals surface area contributed by atoms with Crippen LogP contribution < -0.4 is 5.32 Å². The average molecular weight is 464 g/mol. The zero-order chi connectivity index (χ0) is 24.3. The van der Waals surface area contributed by atoms with Crippen LogP contribution in [-0.4, -0.2) is 52.1 Å². The molecule has 4 rings (SSSR count). The topological polar surface area (TPSA) is 79.0 Å². The van der Waals surface area contributed by atoms with Gasteiger partial charge in [-0.1, -0.05) is 60.7 Å². The summed E-state index contributed by atoms with van der Waals surface area (Å²) in [4.78, 5) is 43.1. The molecule has 34 heavy (non-hydrogen) atoms. The molecule has 7 nitrogen and oxygen atoms in total. The van der Waals surface area contributed by atoms with Crippen molar-refractivity contribution in [2.24, 2.45) is 5.92 Å². The number of imide groups is 1. The smallest absolute Gasteiger partial charge is 0.407 e. The molecule has 2 aromatic carbocycles. The second-order valence-electron chi connectivity index (χ2n) is 10.1. The Morgan fingerprint density at radius 2 is 1.62 bits per heavy atom. The normalized spacial score (nSPS) is 22.9. The zero-order valence-electron chi connectivity index (χ0n) is 20.1. The lowest BCUT2D eigenvalue weighted by Gasteiger charge is -2.50. The second-order valence-corrected chi connectivity index (χ2v) is 10.1. The standard InChI is InChI=1S/C27H33N3O4/c1-27(2,3)34-25(32)28-22-15-10-16-29-23(22)21(17-19-11-6-4-7-12-19)24(31)30(26(29)33)18-20-13-8-5-9-14-20/h4-9,11-14,21-23H,10,15-18H2,1-3H3,(H,28,32)/t21-,22+,23+/m1/s1. The third-order valence-electron chi connectivity index (χ3n) is 6.34. The molecule has 2 aliphatic rings. The molecule has 0 unspecified atom stereocenters. The maximum atomic E-state index is 13.8. The molecule has 4 amide bonds. The Balaban J connectivity index is 1.64. The number of fused-ring (bicyclic) bond motifs is 1. The molecule has 2 saturated heterocycles. The lowest BCUT2D eigenvalue weighted by Crippen LogP contribution is -2.69. The monoisotopic (exact) mass is 463 g/mol. The molecule has 2 aliphatic heterocycles. The molecular weight excluding hydrogens is 430 g/mol. The van der Waals surface area contributed by atoms with Crippen molar-refractivity contribution in [3.8, 4) is 0 Å². The number of carbonyl (C=O) groups is 3. The van der Waals surface area contributed by atoms with Gasteiger partial charge in [0.25, 0.3) is 0 Å². The molecule has 2 heterocycles. The zero-order valence-corrected chi connectivity index (χ0v) is 20.1. The van der Waals surface area contributed by atoms with Crippen LogP contribution in [0, 0.1) is 5.92 Å². The fourth-order valence-corrected chi connectivity index (χ4v) is 4.94. The Morgan fingerprint density at radius 3 is 2.24 bits per heavy atom. The van der Waals surface area contributed by atoms with E-state index in [1.165, 1.54) is 4.90 Å². The first-order chi connectivity index (χ1) is 16.2. The van der Waals surface area contributed by atoms with Crippen molar-refractivity contribution < 1.29 is 19.1 Å². The Labute approximate surface area is 201 Å². The number of piperidine rings is 1. The molecule has 2 aromatic rings. The summed E-state index contributed by atoms with van der Waals surface area (Å²) in [5.41, 5.74) is 1.30. The van der Waals surface area contributed by atoms with Gasteiger partial charge in [-0.15, -0.1) is 0 Å². The van der Waals surface area contributed by atoms with Crippen LogP contribution in [0.1, 0.15) is 44.7 Å². The van der Waals surface area contributed by atoms with Crippen molar-refractivity contribution in [1.29, 1.82) is 0 Å². The Kier molecular flexibility index (Phi) is 6.91. The Morgan fingerprint density at radius 1 is 1.00 bits per heavy atom. The predicted octanol–water partition coefficient (Wildman–Crippen LogP) is 4.37. The van der Waals surface area contributed by atoms with Crippen molar-refractivity contribution in [2.75, 3.05) is 6.54 Å². The van der Waals surface area contributed by atoms with E-state index >= 15 is 0 Å². The minimum Gasteiger partial charge on any atom is -0.444 e. The van der Waals surface area contributed by atoms with Gasteiger partial charge >= 0.3 is 12.1 Å². The summed E-state index contributed by atoms with van der Waals surface area (Å²) in [5.74, 6) is -0.666. The minimum absolute atomic E-state index is 0.197. The molecular formula is C27H33N3O4. The first kappa shape index (κ1) is 23.8. The fourth-order valence-electron chi connectivity index (χ4n) is 4.94. The molecule has 7 heteroatoms. The summed E-state index contributed by atoms with van der Waals surface area (Å²) < 4.78 is 5.48. The summed E-state index contributed by atoms with van der Waals surface area (Å²) in [5, 5.41) is 2.97. The SMILES string of the molecule is CC(C)(C)OC(=O)N[C@H]1CCCN2C(=O)N(Cc3ccccc3)C(=O)[C@H](Cc3ccccc3)[C@@H]12. The average Bonchev–Trinajstić information content (AvgIpc) is 2.79. The summed E-state index contributed by atoms with van der Waals surface area (Å²) in [6, 6.07) is 18.3. The number of ether oxygens (including phenoxy) is 1. The van der Waals surface area contributed by atoms with Gasteiger partial charge in [-0.2, -0.15) is 0 Å². The third kappa shape index (κ3) is 5.41. The maximum absolute atomic E-state index is 13.8. The van der Waals surface area contributed by atoms with E-state index in [2.05, 4.69) is 5.32 Å². The third-order valence-corrected chi connectivity index (χ3v) is 6.34. The summed E-state index contributed by atoms with van der Waals surface area (Å²) in [6.45, 7) is 6.23. The number of rotatable bonds is 5. The van der Waals surface area contributed by atoms with E-state index < -0.39 is 23.7 Å². The molecule has 1 N–H and O–H groups in total. The quantitative estimate of drug-likeness (QED) is 0.714. The molecule has 0 spiro atoms. The van der Waals surface area contributed by atoms with Crippen LogP contribution in [0.15, 0.2) is 60.7 Å². The number of nitrogens with zero attached hydrogens (tertiary/aromatic N) is 2. The molecule has 0 radical (unpaired) electrons. The maximum Gasteiger partial charge on any atom is 0.407 e. The highest BCUT2D eigenvalue weighted by molar-refractivity contribution is 5.99. The van der Waals surface area contributed by atoms with E-state index in [0.717, 1.165) is 17.5 Å². The molecule has 0 aromatic heterocycles. The van der Waals surface area contributed by atoms with Gasteiger partial charge in [-0.25, -0.2) is 9.59 Å². The Hall–Kier alpha value is -3.35. The lowest BCUT2D eigenvalue weighted by molar-refractivity contribution is -0.141. The van der Waals surface area contributed by atoms with Crippen LogP contribution in [0.25, 0.3) is 0 Å². The lowest BCUT2D eigenvalue weighted by atomic mass is 9.80. The van der Waals surface area contributed by atoms with Crippen molar-refractivity contribution in [2.45, 2.75) is 64.3 Å². The van der Waals surface area contributed by atoms with Gasteiger partial charge in [-0.05, 0) is 51.2 Å². The first-order valence-corrected chi connectivity index (χ1v) is 11.9. The van der Waals surface area contributed by atoms with Gasteiger partial charge in [0.1, 0.15) is 5.60 Å². The van der Waals surface area contributed by atoms with Crippen molar-refractivity contribution in [3.63, 3.8) is 0 Å². The van der Waals surface area contributed by atoms with Crippen LogP contribution in [0.5, 0.6) is 0 Å². The summed E-state index contributed by atoms with van der Waals surface area (Å²) >= 11 is 0. The van der Waals surface area contributed by atoms with Crippen LogP contribution in [0.3, 0.4) is 0 Å². The van der Waals surface area contributed by atoms with E-state index in [1.54, 1.807) is 4.90 Å². The van der Waals surface area contributed by atoms with Gasteiger partial charge in [0.2, 0.25) is 5.91 Å². The number of carbonyl (C=O) groups excluding carboxylic acids is 3. The van der Waals surface area contributed by atoms with Gasteiger partial charge in [-0.3, -0.25) is 9.69 Å². The number of urea groups is 1. The molecule has 180 valence electrons. The number of amides is 4. The van der Waals surface area contributed by atoms with E-state index in [0.29, 0.717) is 19.4 Å². The molecule has 0 saturated carbocycles. The second kappa shape index (κ2) is 9.87. The highest BCUT2D eigenvalue weighted by atomic mass is 16.6. The van der Waals surface area contributed by atoms with Crippen LogP contribution in [0.4, 0.5) is 9.59 Å². The number of nitrogens with one attached hydrogen (secondary N) is 1. The van der Waals surface area contributed by atoms with Crippen LogP contribution in [-0.2, 0) is 22.5 Å². The largest absolute Gasteiger partial charge is 0.444 e. The number of hydrogen-bond donors (Lipinski definition) is 1. The number of benzene rings is 2. The van der Waals surface area contributed by atoms with Crippen molar-refractivity contribution in [1.82, 2.24) is 15.1 Å². The fraction of sp³-hybridized carbons (Fsp3) is 0.444. The van der Waals surface area contributed by atoms with E-state index in [4.69, 9.17) is 4.74 Å². The molecule has 0 bridgehead atoms. The van der Waals surface area contributed by atoms with Gasteiger partial charge < -0.3 is 15.0 Å². The molecule has 0 aliphatic carbocycles. The predicted molar refractivity (Wildman–Crippen MR) is 129 cm³/mol. The highest BCUT2D eigenvalue weighted by Crippen LogP contribution is 2.34. The van der Waals surface area contributed by atoms with Crippen LogP contribution >= 0.6 is 0 Å². The first-order valence-electron chi connectivity index (χ1n) is 11.9. The van der Waals surface area contributed by atoms with Crippen molar-refractivity contribution in [3.05, 3.63) is 71.8 Å². The minimum atomic E-state index is -0.632. The highest BCUT2D eigenvalue weighted by Gasteiger charge is 2.51. The summed E-state index contributed by atoms with van der Waals surface area (Å²) in [6.07, 6.45) is 1.40. The van der Waals surface area contributed by atoms with Gasteiger partial charge in [0.15, 0.2) is 0 Å². The molecule has 3 atom stereocenters. The molecule has 2 fully saturated rings. The van der Waals surface area contributed by atoms with Crippen molar-refractivity contribution >= 4 is 18.0 Å². The summed E-state index contributed by atoms with van der Waals surface area (Å²) in [7, 11) is 0. The number of alkyl carbamates (subject to hydrolysis) is 1. The van der Waals surface area contributed by atoms with E-state index in [-0.39, 0.29) is 24.5 Å². The van der Waals surface area contributed by atoms with Crippen LogP contribution in [0.2, 0.25) is 0 Å². The van der Waals surface area contributed by atoms with Gasteiger partial charge in [0.05, 0.1) is 24.5 Å². The Bertz CT molecular complexity index is 1020. The number of hydrogen-bond acceptors (Lipinski definition) is 4.